The van der Waals surface area contributed by atoms with E-state index in [2.05, 4.69) is 16.0 Å². The van der Waals surface area contributed by atoms with E-state index in [0.717, 1.165) is 25.9 Å². The zero-order valence-electron chi connectivity index (χ0n) is 8.71. The summed E-state index contributed by atoms with van der Waals surface area (Å²) in [5, 5.41) is 8.83. The van der Waals surface area contributed by atoms with Crippen molar-refractivity contribution in [2.75, 3.05) is 19.6 Å². The van der Waals surface area contributed by atoms with Gasteiger partial charge in [0.2, 0.25) is 11.8 Å². The highest BCUT2D eigenvalue weighted by atomic mass is 16.2. The molecule has 2 rings (SSSR count). The van der Waals surface area contributed by atoms with Gasteiger partial charge in [-0.05, 0) is 19.4 Å². The van der Waals surface area contributed by atoms with Crippen LogP contribution in [0, 0.1) is 5.92 Å². The van der Waals surface area contributed by atoms with Gasteiger partial charge in [0, 0.05) is 19.5 Å². The first-order chi connectivity index (χ1) is 7.25. The normalized spacial score (nSPS) is 31.1. The zero-order valence-corrected chi connectivity index (χ0v) is 8.71. The number of amides is 2. The van der Waals surface area contributed by atoms with E-state index in [0.29, 0.717) is 13.0 Å². The van der Waals surface area contributed by atoms with Crippen molar-refractivity contribution >= 4 is 11.8 Å². The van der Waals surface area contributed by atoms with E-state index < -0.39 is 0 Å². The third kappa shape index (κ3) is 2.68. The van der Waals surface area contributed by atoms with Crippen molar-refractivity contribution in [2.45, 2.75) is 25.3 Å². The Bertz CT molecular complexity index is 261. The summed E-state index contributed by atoms with van der Waals surface area (Å²) in [5.41, 5.74) is 0. The lowest BCUT2D eigenvalue weighted by Gasteiger charge is -2.23. The highest BCUT2D eigenvalue weighted by Crippen LogP contribution is 2.11. The van der Waals surface area contributed by atoms with Crippen LogP contribution in [0.2, 0.25) is 0 Å². The van der Waals surface area contributed by atoms with Crippen LogP contribution in [0.4, 0.5) is 0 Å². The van der Waals surface area contributed by atoms with E-state index in [1.807, 2.05) is 0 Å². The van der Waals surface area contributed by atoms with Gasteiger partial charge in [-0.1, -0.05) is 0 Å². The minimum atomic E-state index is -0.00748. The fourth-order valence-corrected chi connectivity index (χ4v) is 2.10. The van der Waals surface area contributed by atoms with Gasteiger partial charge in [0.05, 0.1) is 12.0 Å². The van der Waals surface area contributed by atoms with Gasteiger partial charge in [-0.15, -0.1) is 0 Å². The predicted molar refractivity (Wildman–Crippen MR) is 55.2 cm³/mol. The second-order valence-corrected chi connectivity index (χ2v) is 4.26. The summed E-state index contributed by atoms with van der Waals surface area (Å²) < 4.78 is 0. The number of piperidine rings is 1. The van der Waals surface area contributed by atoms with Gasteiger partial charge < -0.3 is 16.0 Å². The quantitative estimate of drug-likeness (QED) is 0.548. The molecular formula is C10H17N3O2. The number of nitrogens with one attached hydrogen (secondary N) is 3. The fourth-order valence-electron chi connectivity index (χ4n) is 2.10. The largest absolute Gasteiger partial charge is 0.354 e. The van der Waals surface area contributed by atoms with E-state index in [9.17, 15) is 9.59 Å². The maximum atomic E-state index is 11.8. The third-order valence-electron chi connectivity index (χ3n) is 2.99. The summed E-state index contributed by atoms with van der Waals surface area (Å²) in [7, 11) is 0. The maximum absolute atomic E-state index is 11.8. The van der Waals surface area contributed by atoms with E-state index in [-0.39, 0.29) is 23.8 Å². The van der Waals surface area contributed by atoms with Crippen LogP contribution in [0.3, 0.4) is 0 Å². The molecular weight excluding hydrogens is 194 g/mol. The van der Waals surface area contributed by atoms with Crippen molar-refractivity contribution in [3.05, 3.63) is 0 Å². The number of hydrogen-bond acceptors (Lipinski definition) is 3. The van der Waals surface area contributed by atoms with Gasteiger partial charge in [0.25, 0.3) is 0 Å². The Morgan fingerprint density at radius 1 is 1.40 bits per heavy atom. The Kier molecular flexibility index (Phi) is 3.20. The smallest absolute Gasteiger partial charge is 0.224 e. The first-order valence-corrected chi connectivity index (χ1v) is 5.53. The van der Waals surface area contributed by atoms with Gasteiger partial charge >= 0.3 is 0 Å². The van der Waals surface area contributed by atoms with Crippen molar-refractivity contribution < 1.29 is 9.59 Å². The van der Waals surface area contributed by atoms with Crippen LogP contribution in [0.5, 0.6) is 0 Å². The van der Waals surface area contributed by atoms with Gasteiger partial charge in [0.15, 0.2) is 0 Å². The Hall–Kier alpha value is -1.10. The van der Waals surface area contributed by atoms with Gasteiger partial charge in [-0.3, -0.25) is 9.59 Å². The molecule has 0 radical (unpaired) electrons. The molecule has 0 aliphatic carbocycles. The van der Waals surface area contributed by atoms with Crippen LogP contribution >= 0.6 is 0 Å². The molecule has 2 fully saturated rings. The second kappa shape index (κ2) is 4.61. The highest BCUT2D eigenvalue weighted by molar-refractivity contribution is 5.83. The third-order valence-corrected chi connectivity index (χ3v) is 2.99. The molecule has 0 aromatic heterocycles. The first-order valence-electron chi connectivity index (χ1n) is 5.53. The van der Waals surface area contributed by atoms with Crippen molar-refractivity contribution in [1.82, 2.24) is 16.0 Å². The summed E-state index contributed by atoms with van der Waals surface area (Å²) in [4.78, 5) is 22.7. The summed E-state index contributed by atoms with van der Waals surface area (Å²) in [5.74, 6) is 0.195. The lowest BCUT2D eigenvalue weighted by Crippen LogP contribution is -2.45. The van der Waals surface area contributed by atoms with Crippen LogP contribution in [0.1, 0.15) is 19.3 Å². The topological polar surface area (TPSA) is 70.2 Å². The average Bonchev–Trinajstić information content (AvgIpc) is 2.65. The molecule has 0 aromatic carbocycles. The molecule has 15 heavy (non-hydrogen) atoms. The van der Waals surface area contributed by atoms with E-state index in [1.54, 1.807) is 0 Å². The molecule has 2 aliphatic rings. The summed E-state index contributed by atoms with van der Waals surface area (Å²) in [6.45, 7) is 2.35. The molecule has 0 spiro atoms. The molecule has 2 atom stereocenters. The van der Waals surface area contributed by atoms with Crippen LogP contribution < -0.4 is 16.0 Å². The Balaban J connectivity index is 1.78. The monoisotopic (exact) mass is 211 g/mol. The first kappa shape index (κ1) is 10.4. The van der Waals surface area contributed by atoms with Crippen LogP contribution in [-0.2, 0) is 9.59 Å². The molecule has 5 heteroatoms. The number of rotatable bonds is 2. The van der Waals surface area contributed by atoms with Crippen LogP contribution in [-0.4, -0.2) is 37.5 Å². The molecule has 0 aromatic rings. The Morgan fingerprint density at radius 3 is 2.87 bits per heavy atom. The minimum absolute atomic E-state index is 0.00748. The molecule has 3 N–H and O–H groups in total. The number of hydrogen-bond donors (Lipinski definition) is 3. The Labute approximate surface area is 89.0 Å². The summed E-state index contributed by atoms with van der Waals surface area (Å²) in [6, 6.07) is -0.00748. The lowest BCUT2D eigenvalue weighted by molar-refractivity contribution is -0.126. The van der Waals surface area contributed by atoms with Crippen LogP contribution in [0.25, 0.3) is 0 Å². The van der Waals surface area contributed by atoms with Crippen molar-refractivity contribution in [1.29, 1.82) is 0 Å². The molecule has 2 saturated heterocycles. The molecule has 0 bridgehead atoms. The molecule has 84 valence electrons. The molecule has 2 aliphatic heterocycles. The van der Waals surface area contributed by atoms with E-state index in [1.165, 1.54) is 0 Å². The summed E-state index contributed by atoms with van der Waals surface area (Å²) in [6.07, 6.45) is 2.43. The number of carbonyl (C=O) groups excluding carboxylic acids is 2. The minimum Gasteiger partial charge on any atom is -0.354 e. The van der Waals surface area contributed by atoms with Gasteiger partial charge in [0.1, 0.15) is 0 Å². The molecule has 1 unspecified atom stereocenters. The lowest BCUT2D eigenvalue weighted by atomic mass is 9.98. The van der Waals surface area contributed by atoms with Crippen molar-refractivity contribution in [3.63, 3.8) is 0 Å². The van der Waals surface area contributed by atoms with Crippen molar-refractivity contribution in [2.24, 2.45) is 5.92 Å². The Morgan fingerprint density at radius 2 is 2.27 bits per heavy atom. The number of carbonyl (C=O) groups is 2. The molecule has 0 saturated carbocycles. The van der Waals surface area contributed by atoms with Crippen molar-refractivity contribution in [3.8, 4) is 0 Å². The SMILES string of the molecule is O=C1CC(NC(=O)[C@H]2CCCNC2)CN1. The summed E-state index contributed by atoms with van der Waals surface area (Å²) >= 11 is 0. The van der Waals surface area contributed by atoms with E-state index >= 15 is 0 Å². The highest BCUT2D eigenvalue weighted by Gasteiger charge is 2.27. The predicted octanol–water partition coefficient (Wildman–Crippen LogP) is -1.01. The molecule has 2 amide bonds. The average molecular weight is 211 g/mol. The maximum Gasteiger partial charge on any atom is 0.224 e. The van der Waals surface area contributed by atoms with E-state index in [4.69, 9.17) is 0 Å². The van der Waals surface area contributed by atoms with Crippen LogP contribution in [0.15, 0.2) is 0 Å². The van der Waals surface area contributed by atoms with Gasteiger partial charge in [-0.2, -0.15) is 0 Å². The van der Waals surface area contributed by atoms with Gasteiger partial charge in [-0.25, -0.2) is 0 Å². The standard InChI is InChI=1S/C10H17N3O2/c14-9-4-8(6-12-9)13-10(15)7-2-1-3-11-5-7/h7-8,11H,1-6H2,(H,12,14)(H,13,15)/t7-,8?/m0/s1. The fraction of sp³-hybridized carbons (Fsp3) is 0.800. The zero-order chi connectivity index (χ0) is 10.7. The second-order valence-electron chi connectivity index (χ2n) is 4.26. The molecule has 2 heterocycles. The molecule has 5 nitrogen and oxygen atoms in total.